The van der Waals surface area contributed by atoms with E-state index in [1.54, 1.807) is 23.5 Å². The minimum atomic E-state index is 0.216. The van der Waals surface area contributed by atoms with Crippen molar-refractivity contribution >= 4 is 34.9 Å². The van der Waals surface area contributed by atoms with Crippen molar-refractivity contribution in [2.24, 2.45) is 10.1 Å². The second-order valence-electron chi connectivity index (χ2n) is 4.85. The first-order chi connectivity index (χ1) is 10.9. The molecule has 0 aliphatic carbocycles. The molecule has 0 spiro atoms. The summed E-state index contributed by atoms with van der Waals surface area (Å²) in [6.45, 7) is 0. The lowest BCUT2D eigenvalue weighted by molar-refractivity contribution is 0.387. The number of fused-ring (bicyclic) bond motifs is 1. The van der Waals surface area contributed by atoms with E-state index in [0.717, 1.165) is 15.8 Å². The van der Waals surface area contributed by atoms with Gasteiger partial charge in [0, 0.05) is 11.6 Å². The molecular weight excluding hydrogens is 310 g/mol. The van der Waals surface area contributed by atoms with Crippen molar-refractivity contribution in [1.82, 2.24) is 5.01 Å². The summed E-state index contributed by atoms with van der Waals surface area (Å²) in [5, 5.41) is 11.0. The Morgan fingerprint density at radius 1 is 1.00 bits per heavy atom. The van der Waals surface area contributed by atoms with Gasteiger partial charge in [-0.15, -0.1) is 5.10 Å². The van der Waals surface area contributed by atoms with Crippen LogP contribution in [0.3, 0.4) is 0 Å². The molecule has 5 heteroatoms. The number of hydrazone groups is 1. The van der Waals surface area contributed by atoms with Gasteiger partial charge in [-0.2, -0.15) is 0 Å². The Balaban J connectivity index is 1.54. The number of aliphatic imine (C=N–C) groups is 1. The highest BCUT2D eigenvalue weighted by molar-refractivity contribution is 8.18. The van der Waals surface area contributed by atoms with Crippen LogP contribution < -0.4 is 0 Å². The first kappa shape index (κ1) is 13.7. The maximum Gasteiger partial charge on any atom is 0.213 e. The van der Waals surface area contributed by atoms with Crippen molar-refractivity contribution in [1.29, 1.82) is 0 Å². The fourth-order valence-corrected chi connectivity index (χ4v) is 4.32. The lowest BCUT2D eigenvalue weighted by Gasteiger charge is -2.18. The standard InChI is InChI=1S/C17H13N3S2/c1-3-7-13(8-4-1)11-18-17-19-20-15(22-17)12-21-16(20)14-9-5-2-6-10-14/h1-12,16H/b18-11-. The van der Waals surface area contributed by atoms with Crippen LogP contribution in [-0.2, 0) is 0 Å². The fourth-order valence-electron chi connectivity index (χ4n) is 2.29. The summed E-state index contributed by atoms with van der Waals surface area (Å²) < 4.78 is 0. The molecule has 0 saturated carbocycles. The van der Waals surface area contributed by atoms with Gasteiger partial charge < -0.3 is 0 Å². The summed E-state index contributed by atoms with van der Waals surface area (Å²) in [5.74, 6) is 0. The molecule has 0 saturated heterocycles. The van der Waals surface area contributed by atoms with Crippen LogP contribution in [0.25, 0.3) is 0 Å². The Morgan fingerprint density at radius 3 is 2.50 bits per heavy atom. The van der Waals surface area contributed by atoms with Gasteiger partial charge in [0.05, 0.1) is 0 Å². The van der Waals surface area contributed by atoms with Crippen molar-refractivity contribution in [2.75, 3.05) is 0 Å². The molecule has 2 aromatic rings. The van der Waals surface area contributed by atoms with Gasteiger partial charge in [0.25, 0.3) is 0 Å². The molecule has 108 valence electrons. The molecule has 2 heterocycles. The number of hydrogen-bond donors (Lipinski definition) is 0. The zero-order valence-electron chi connectivity index (χ0n) is 11.7. The normalized spacial score (nSPS) is 20.2. The van der Waals surface area contributed by atoms with Crippen LogP contribution in [0.2, 0.25) is 0 Å². The van der Waals surface area contributed by atoms with Gasteiger partial charge >= 0.3 is 0 Å². The van der Waals surface area contributed by atoms with Crippen LogP contribution in [0.1, 0.15) is 16.5 Å². The van der Waals surface area contributed by atoms with Gasteiger partial charge in [0.2, 0.25) is 5.17 Å². The number of nitrogens with zero attached hydrogens (tertiary/aromatic N) is 3. The van der Waals surface area contributed by atoms with Crippen molar-refractivity contribution in [3.63, 3.8) is 0 Å². The molecule has 2 aliphatic rings. The molecule has 0 aromatic heterocycles. The number of amidine groups is 1. The maximum absolute atomic E-state index is 4.65. The second kappa shape index (κ2) is 6.02. The molecule has 22 heavy (non-hydrogen) atoms. The van der Waals surface area contributed by atoms with E-state index >= 15 is 0 Å². The molecule has 1 unspecified atom stereocenters. The highest BCUT2D eigenvalue weighted by Gasteiger charge is 2.34. The van der Waals surface area contributed by atoms with Gasteiger partial charge in [0.1, 0.15) is 10.4 Å². The van der Waals surface area contributed by atoms with Crippen LogP contribution in [0.15, 0.2) is 81.2 Å². The average molecular weight is 323 g/mol. The van der Waals surface area contributed by atoms with Crippen molar-refractivity contribution in [3.8, 4) is 0 Å². The molecule has 2 aliphatic heterocycles. The van der Waals surface area contributed by atoms with Crippen molar-refractivity contribution < 1.29 is 0 Å². The zero-order valence-corrected chi connectivity index (χ0v) is 13.3. The van der Waals surface area contributed by atoms with E-state index < -0.39 is 0 Å². The predicted molar refractivity (Wildman–Crippen MR) is 95.8 cm³/mol. The highest BCUT2D eigenvalue weighted by atomic mass is 32.2. The predicted octanol–water partition coefficient (Wildman–Crippen LogP) is 4.67. The monoisotopic (exact) mass is 323 g/mol. The van der Waals surface area contributed by atoms with Gasteiger partial charge in [-0.1, -0.05) is 72.4 Å². The third kappa shape index (κ3) is 2.69. The molecule has 2 aromatic carbocycles. The lowest BCUT2D eigenvalue weighted by Crippen LogP contribution is -2.11. The topological polar surface area (TPSA) is 28.0 Å². The van der Waals surface area contributed by atoms with E-state index in [1.165, 1.54) is 5.56 Å². The number of rotatable bonds is 2. The van der Waals surface area contributed by atoms with Gasteiger partial charge in [-0.25, -0.2) is 10.0 Å². The molecule has 0 fully saturated rings. The first-order valence-corrected chi connectivity index (χ1v) is 8.71. The number of benzene rings is 2. The maximum atomic E-state index is 4.65. The van der Waals surface area contributed by atoms with E-state index in [4.69, 9.17) is 0 Å². The van der Waals surface area contributed by atoms with Gasteiger partial charge in [0.15, 0.2) is 0 Å². The van der Waals surface area contributed by atoms with Crippen LogP contribution in [0.5, 0.6) is 0 Å². The Labute approximate surface area is 137 Å². The highest BCUT2D eigenvalue weighted by Crippen LogP contribution is 2.49. The molecular formula is C17H13N3S2. The van der Waals surface area contributed by atoms with Crippen molar-refractivity contribution in [2.45, 2.75) is 5.37 Å². The molecule has 4 rings (SSSR count). The molecule has 0 bridgehead atoms. The zero-order chi connectivity index (χ0) is 14.8. The summed E-state index contributed by atoms with van der Waals surface area (Å²) in [4.78, 5) is 4.50. The quantitative estimate of drug-likeness (QED) is 0.752. The summed E-state index contributed by atoms with van der Waals surface area (Å²) >= 11 is 3.41. The Morgan fingerprint density at radius 2 is 1.73 bits per heavy atom. The minimum absolute atomic E-state index is 0.216. The van der Waals surface area contributed by atoms with E-state index in [9.17, 15) is 0 Å². The molecule has 3 nitrogen and oxygen atoms in total. The summed E-state index contributed by atoms with van der Waals surface area (Å²) in [7, 11) is 0. The largest absolute Gasteiger partial charge is 0.238 e. The first-order valence-electron chi connectivity index (χ1n) is 6.95. The second-order valence-corrected chi connectivity index (χ2v) is 6.80. The Kier molecular flexibility index (Phi) is 3.74. The van der Waals surface area contributed by atoms with Crippen LogP contribution in [-0.4, -0.2) is 16.4 Å². The molecule has 0 amide bonds. The molecule has 0 radical (unpaired) electrons. The van der Waals surface area contributed by atoms with Gasteiger partial charge in [-0.3, -0.25) is 0 Å². The van der Waals surface area contributed by atoms with Crippen LogP contribution in [0.4, 0.5) is 0 Å². The third-order valence-corrected chi connectivity index (χ3v) is 5.47. The molecule has 1 atom stereocenters. The summed E-state index contributed by atoms with van der Waals surface area (Å²) in [6.07, 6.45) is 1.86. The SMILES string of the molecule is C1=C2SC(/N=C\c3ccccc3)=NN2C(c2ccccc2)S1. The summed E-state index contributed by atoms with van der Waals surface area (Å²) in [6, 6.07) is 20.5. The molecule has 0 N–H and O–H groups in total. The van der Waals surface area contributed by atoms with E-state index in [2.05, 4.69) is 44.8 Å². The third-order valence-electron chi connectivity index (χ3n) is 3.34. The van der Waals surface area contributed by atoms with Crippen LogP contribution >= 0.6 is 23.5 Å². The summed E-state index contributed by atoms with van der Waals surface area (Å²) in [5.41, 5.74) is 2.34. The lowest BCUT2D eigenvalue weighted by atomic mass is 10.2. The van der Waals surface area contributed by atoms with Gasteiger partial charge in [-0.05, 0) is 22.9 Å². The average Bonchev–Trinajstić information content (AvgIpc) is 3.15. The number of thioether (sulfide) groups is 2. The van der Waals surface area contributed by atoms with Crippen molar-refractivity contribution in [3.05, 3.63) is 82.2 Å². The van der Waals surface area contributed by atoms with Crippen LogP contribution in [0, 0.1) is 0 Å². The van der Waals surface area contributed by atoms with E-state index in [-0.39, 0.29) is 5.37 Å². The Bertz CT molecular complexity index is 754. The number of hydrogen-bond acceptors (Lipinski definition) is 5. The van der Waals surface area contributed by atoms with E-state index in [1.807, 2.05) is 42.6 Å². The Hall–Kier alpha value is -1.98. The smallest absolute Gasteiger partial charge is 0.213 e. The minimum Gasteiger partial charge on any atom is -0.238 e. The fraction of sp³-hybridized carbons (Fsp3) is 0.0588. The van der Waals surface area contributed by atoms with E-state index in [0.29, 0.717) is 0 Å².